The summed E-state index contributed by atoms with van der Waals surface area (Å²) in [4.78, 5) is 23.1. The maximum absolute atomic E-state index is 10.8. The molecule has 0 radical (unpaired) electrons. The first kappa shape index (κ1) is 10.5. The number of hydrogen-bond donors (Lipinski definition) is 2. The molecule has 3 N–H and O–H groups in total. The van der Waals surface area contributed by atoms with Crippen LogP contribution >= 0.6 is 0 Å². The number of fused-ring (bicyclic) bond motifs is 1. The monoisotopic (exact) mass is 220 g/mol. The summed E-state index contributed by atoms with van der Waals surface area (Å²) < 4.78 is 0. The summed E-state index contributed by atoms with van der Waals surface area (Å²) in [5.74, 6) is -1.03. The molecule has 1 aromatic carbocycles. The Balaban J connectivity index is 2.38. The summed E-state index contributed by atoms with van der Waals surface area (Å²) in [6.07, 6.45) is 0.734. The summed E-state index contributed by atoms with van der Waals surface area (Å²) >= 11 is 0. The Hall–Kier alpha value is -2.04. The van der Waals surface area contributed by atoms with Crippen LogP contribution in [0.4, 0.5) is 11.4 Å². The quantitative estimate of drug-likeness (QED) is 0.583. The number of benzene rings is 1. The van der Waals surface area contributed by atoms with Crippen molar-refractivity contribution < 1.29 is 14.7 Å². The number of rotatable bonds is 3. The van der Waals surface area contributed by atoms with Crippen LogP contribution < -0.4 is 10.6 Å². The molecule has 5 heteroatoms. The lowest BCUT2D eigenvalue weighted by Crippen LogP contribution is -2.20. The van der Waals surface area contributed by atoms with Gasteiger partial charge in [-0.25, -0.2) is 0 Å². The smallest absolute Gasteiger partial charge is 0.304 e. The zero-order valence-corrected chi connectivity index (χ0v) is 8.59. The van der Waals surface area contributed by atoms with Gasteiger partial charge in [-0.05, 0) is 23.8 Å². The number of anilines is 2. The molecule has 1 atom stereocenters. The summed E-state index contributed by atoms with van der Waals surface area (Å²) in [7, 11) is 0. The van der Waals surface area contributed by atoms with Gasteiger partial charge in [0.1, 0.15) is 0 Å². The van der Waals surface area contributed by atoms with Crippen molar-refractivity contribution in [1.82, 2.24) is 0 Å². The van der Waals surface area contributed by atoms with Gasteiger partial charge in [0.15, 0.2) is 0 Å². The van der Waals surface area contributed by atoms with Crippen molar-refractivity contribution in [3.05, 3.63) is 23.8 Å². The lowest BCUT2D eigenvalue weighted by Gasteiger charge is -2.09. The molecule has 0 aromatic heterocycles. The Labute approximate surface area is 92.5 Å². The van der Waals surface area contributed by atoms with Crippen LogP contribution in [-0.2, 0) is 9.59 Å². The summed E-state index contributed by atoms with van der Waals surface area (Å²) in [5, 5.41) is 8.79. The first-order valence-corrected chi connectivity index (χ1v) is 4.95. The zero-order chi connectivity index (χ0) is 11.7. The first-order valence-electron chi connectivity index (χ1n) is 4.95. The second-order valence-corrected chi connectivity index (χ2v) is 3.87. The van der Waals surface area contributed by atoms with Gasteiger partial charge >= 0.3 is 5.97 Å². The molecule has 1 heterocycles. The summed E-state index contributed by atoms with van der Waals surface area (Å²) in [6, 6.07) is 5.20. The van der Waals surface area contributed by atoms with Crippen LogP contribution in [0.25, 0.3) is 0 Å². The molecule has 1 unspecified atom stereocenters. The molecule has 2 rings (SSSR count). The minimum atomic E-state index is -0.869. The maximum atomic E-state index is 10.8. The van der Waals surface area contributed by atoms with Gasteiger partial charge in [-0.2, -0.15) is 0 Å². The van der Waals surface area contributed by atoms with Crippen molar-refractivity contribution in [3.63, 3.8) is 0 Å². The van der Waals surface area contributed by atoms with Crippen LogP contribution in [0.3, 0.4) is 0 Å². The lowest BCUT2D eigenvalue weighted by molar-refractivity contribution is -0.137. The van der Waals surface area contributed by atoms with Crippen molar-refractivity contribution in [3.8, 4) is 0 Å². The van der Waals surface area contributed by atoms with Crippen LogP contribution in [0.1, 0.15) is 17.9 Å². The minimum absolute atomic E-state index is 0.0147. The molecular weight excluding hydrogens is 208 g/mol. The van der Waals surface area contributed by atoms with Crippen LogP contribution in [0.5, 0.6) is 0 Å². The fraction of sp³-hybridized carbons (Fsp3) is 0.273. The van der Waals surface area contributed by atoms with Gasteiger partial charge in [0, 0.05) is 23.8 Å². The lowest BCUT2D eigenvalue weighted by atomic mass is 9.98. The molecule has 0 saturated carbocycles. The van der Waals surface area contributed by atoms with Gasteiger partial charge in [-0.3, -0.25) is 9.59 Å². The van der Waals surface area contributed by atoms with E-state index >= 15 is 0 Å². The predicted octanol–water partition coefficient (Wildman–Crippen LogP) is 0.804. The number of nitrogens with two attached hydrogens (primary N) is 1. The molecule has 1 aliphatic heterocycles. The largest absolute Gasteiger partial charge is 0.481 e. The third-order valence-electron chi connectivity index (χ3n) is 2.77. The Kier molecular flexibility index (Phi) is 2.52. The Morgan fingerprint density at radius 3 is 3.00 bits per heavy atom. The van der Waals surface area contributed by atoms with Crippen molar-refractivity contribution in [2.75, 3.05) is 17.2 Å². The fourth-order valence-corrected chi connectivity index (χ4v) is 2.08. The highest BCUT2D eigenvalue weighted by Crippen LogP contribution is 2.38. The number of aliphatic carboxylic acids is 1. The Morgan fingerprint density at radius 1 is 1.62 bits per heavy atom. The molecule has 1 aliphatic rings. The van der Waals surface area contributed by atoms with Crippen molar-refractivity contribution in [2.24, 2.45) is 0 Å². The van der Waals surface area contributed by atoms with Gasteiger partial charge in [0.2, 0.25) is 6.41 Å². The predicted molar refractivity (Wildman–Crippen MR) is 59.3 cm³/mol. The van der Waals surface area contributed by atoms with Gasteiger partial charge in [0.25, 0.3) is 0 Å². The van der Waals surface area contributed by atoms with E-state index in [9.17, 15) is 9.59 Å². The van der Waals surface area contributed by atoms with Gasteiger partial charge in [-0.1, -0.05) is 0 Å². The first-order chi connectivity index (χ1) is 7.61. The van der Waals surface area contributed by atoms with E-state index in [0.717, 1.165) is 17.7 Å². The number of carbonyl (C=O) groups excluding carboxylic acids is 1. The molecule has 0 saturated heterocycles. The number of carbonyl (C=O) groups is 2. The highest BCUT2D eigenvalue weighted by molar-refractivity contribution is 5.83. The topological polar surface area (TPSA) is 83.6 Å². The number of nitrogen functional groups attached to an aromatic ring is 1. The number of hydrogen-bond acceptors (Lipinski definition) is 3. The molecule has 0 fully saturated rings. The Bertz CT molecular complexity index is 445. The summed E-state index contributed by atoms with van der Waals surface area (Å²) in [5.41, 5.74) is 7.84. The van der Waals surface area contributed by atoms with E-state index in [1.807, 2.05) is 0 Å². The molecule has 84 valence electrons. The average molecular weight is 220 g/mol. The highest BCUT2D eigenvalue weighted by atomic mass is 16.4. The second-order valence-electron chi connectivity index (χ2n) is 3.87. The molecule has 1 amide bonds. The van der Waals surface area contributed by atoms with Gasteiger partial charge < -0.3 is 15.7 Å². The maximum Gasteiger partial charge on any atom is 0.304 e. The average Bonchev–Trinajstić information content (AvgIpc) is 2.55. The molecule has 0 bridgehead atoms. The summed E-state index contributed by atoms with van der Waals surface area (Å²) in [6.45, 7) is 0.411. The molecule has 1 aromatic rings. The number of amides is 1. The Morgan fingerprint density at radius 2 is 2.38 bits per heavy atom. The van der Waals surface area contributed by atoms with Crippen LogP contribution in [0.2, 0.25) is 0 Å². The second kappa shape index (κ2) is 3.84. The zero-order valence-electron chi connectivity index (χ0n) is 8.59. The van der Waals surface area contributed by atoms with Crippen LogP contribution in [0, 0.1) is 0 Å². The third-order valence-corrected chi connectivity index (χ3v) is 2.77. The van der Waals surface area contributed by atoms with Crippen molar-refractivity contribution >= 4 is 23.8 Å². The minimum Gasteiger partial charge on any atom is -0.481 e. The molecular formula is C11H12N2O3. The van der Waals surface area contributed by atoms with Crippen molar-refractivity contribution in [2.45, 2.75) is 12.3 Å². The molecule has 0 aliphatic carbocycles. The van der Waals surface area contributed by atoms with Crippen LogP contribution in [-0.4, -0.2) is 24.0 Å². The molecule has 16 heavy (non-hydrogen) atoms. The van der Waals surface area contributed by atoms with E-state index in [1.165, 1.54) is 4.90 Å². The van der Waals surface area contributed by atoms with Crippen LogP contribution in [0.15, 0.2) is 18.2 Å². The van der Waals surface area contributed by atoms with E-state index in [-0.39, 0.29) is 12.3 Å². The molecule has 0 spiro atoms. The normalized spacial score (nSPS) is 18.2. The van der Waals surface area contributed by atoms with E-state index < -0.39 is 5.97 Å². The van der Waals surface area contributed by atoms with E-state index in [2.05, 4.69) is 0 Å². The van der Waals surface area contributed by atoms with Crippen molar-refractivity contribution in [1.29, 1.82) is 0 Å². The fourth-order valence-electron chi connectivity index (χ4n) is 2.08. The highest BCUT2D eigenvalue weighted by Gasteiger charge is 2.29. The van der Waals surface area contributed by atoms with E-state index in [0.29, 0.717) is 12.2 Å². The number of carboxylic acid groups (broad SMARTS) is 1. The number of carboxylic acids is 1. The van der Waals surface area contributed by atoms with Gasteiger partial charge in [-0.15, -0.1) is 0 Å². The van der Waals surface area contributed by atoms with Gasteiger partial charge in [0.05, 0.1) is 6.42 Å². The number of nitrogens with zero attached hydrogens (tertiary/aromatic N) is 1. The standard InChI is InChI=1S/C11H12N2O3/c12-8-1-2-10-9(4-8)7(3-11(15)16)5-13(10)6-14/h1-2,4,6-7H,3,5,12H2,(H,15,16). The molecule has 5 nitrogen and oxygen atoms in total. The SMILES string of the molecule is Nc1ccc2c(c1)C(CC(=O)O)CN2C=O. The van der Waals surface area contributed by atoms with E-state index in [1.54, 1.807) is 18.2 Å². The third kappa shape index (κ3) is 1.71. The van der Waals surface area contributed by atoms with E-state index in [4.69, 9.17) is 10.8 Å².